The molecule has 2 rings (SSSR count). The maximum Gasteiger partial charge on any atom is 0.226 e. The van der Waals surface area contributed by atoms with Crippen molar-refractivity contribution >= 4 is 5.91 Å². The number of rotatable bonds is 3. The SMILES string of the molecule is CCC1CN(C(=O)C2C(C)(C)C2(C)C)CCC1NC. The van der Waals surface area contributed by atoms with Crippen molar-refractivity contribution in [2.75, 3.05) is 20.1 Å². The summed E-state index contributed by atoms with van der Waals surface area (Å²) >= 11 is 0. The highest BCUT2D eigenvalue weighted by molar-refractivity contribution is 5.84. The second-order valence-corrected chi connectivity index (χ2v) is 7.51. The van der Waals surface area contributed by atoms with Crippen LogP contribution in [0.1, 0.15) is 47.5 Å². The van der Waals surface area contributed by atoms with E-state index in [9.17, 15) is 4.79 Å². The molecule has 2 atom stereocenters. The molecule has 2 aliphatic rings. The molecule has 1 saturated carbocycles. The van der Waals surface area contributed by atoms with Crippen LogP contribution in [0.25, 0.3) is 0 Å². The van der Waals surface area contributed by atoms with Crippen LogP contribution in [0.4, 0.5) is 0 Å². The normalized spacial score (nSPS) is 33.3. The molecule has 2 unspecified atom stereocenters. The molecule has 1 amide bonds. The maximum absolute atomic E-state index is 12.8. The summed E-state index contributed by atoms with van der Waals surface area (Å²) in [5.41, 5.74) is 0.317. The number of piperidine rings is 1. The molecule has 1 aliphatic heterocycles. The molecule has 1 heterocycles. The van der Waals surface area contributed by atoms with E-state index >= 15 is 0 Å². The van der Waals surface area contributed by atoms with Crippen molar-refractivity contribution in [1.29, 1.82) is 0 Å². The van der Waals surface area contributed by atoms with Gasteiger partial charge in [0.1, 0.15) is 0 Å². The van der Waals surface area contributed by atoms with Gasteiger partial charge in [-0.3, -0.25) is 4.79 Å². The average Bonchev–Trinajstić information content (AvgIpc) is 2.78. The van der Waals surface area contributed by atoms with Gasteiger partial charge in [0.2, 0.25) is 5.91 Å². The van der Waals surface area contributed by atoms with E-state index in [1.165, 1.54) is 0 Å². The molecule has 0 aromatic rings. The second kappa shape index (κ2) is 4.76. The molecule has 1 saturated heterocycles. The number of amides is 1. The number of nitrogens with zero attached hydrogens (tertiary/aromatic N) is 1. The molecule has 0 spiro atoms. The van der Waals surface area contributed by atoms with E-state index in [2.05, 4.69) is 44.8 Å². The van der Waals surface area contributed by atoms with Crippen LogP contribution in [0.2, 0.25) is 0 Å². The molecule has 3 nitrogen and oxygen atoms in total. The third-order valence-corrected chi connectivity index (χ3v) is 6.21. The van der Waals surface area contributed by atoms with Crippen LogP contribution in [-0.4, -0.2) is 37.0 Å². The van der Waals surface area contributed by atoms with Crippen LogP contribution in [-0.2, 0) is 4.79 Å². The molecule has 0 radical (unpaired) electrons. The van der Waals surface area contributed by atoms with Gasteiger partial charge in [-0.25, -0.2) is 0 Å². The molecule has 3 heteroatoms. The monoisotopic (exact) mass is 266 g/mol. The number of nitrogens with one attached hydrogen (secondary N) is 1. The van der Waals surface area contributed by atoms with Gasteiger partial charge in [0, 0.05) is 25.0 Å². The fraction of sp³-hybridized carbons (Fsp3) is 0.938. The summed E-state index contributed by atoms with van der Waals surface area (Å²) in [5.74, 6) is 1.21. The standard InChI is InChI=1S/C16H30N2O/c1-7-11-10-18(9-8-12(11)17-6)14(19)13-15(2,3)16(13,4)5/h11-13,17H,7-10H2,1-6H3. The van der Waals surface area contributed by atoms with E-state index in [1.54, 1.807) is 0 Å². The van der Waals surface area contributed by atoms with Gasteiger partial charge >= 0.3 is 0 Å². The fourth-order valence-electron chi connectivity index (χ4n) is 4.02. The molecular formula is C16H30N2O. The first kappa shape index (κ1) is 14.8. The van der Waals surface area contributed by atoms with E-state index in [1.807, 2.05) is 7.05 Å². The summed E-state index contributed by atoms with van der Waals surface area (Å²) in [6, 6.07) is 0.578. The van der Waals surface area contributed by atoms with Crippen molar-refractivity contribution in [3.63, 3.8) is 0 Å². The Labute approximate surface area is 118 Å². The van der Waals surface area contributed by atoms with E-state index in [-0.39, 0.29) is 16.7 Å². The van der Waals surface area contributed by atoms with Crippen molar-refractivity contribution in [3.8, 4) is 0 Å². The Morgan fingerprint density at radius 1 is 1.26 bits per heavy atom. The van der Waals surface area contributed by atoms with Gasteiger partial charge in [0.05, 0.1) is 0 Å². The van der Waals surface area contributed by atoms with Crippen molar-refractivity contribution in [3.05, 3.63) is 0 Å². The highest BCUT2D eigenvalue weighted by atomic mass is 16.2. The van der Waals surface area contributed by atoms with Crippen LogP contribution in [0.3, 0.4) is 0 Å². The van der Waals surface area contributed by atoms with Gasteiger partial charge < -0.3 is 10.2 Å². The fourth-order valence-corrected chi connectivity index (χ4v) is 4.02. The first-order valence-electron chi connectivity index (χ1n) is 7.73. The Balaban J connectivity index is 2.03. The van der Waals surface area contributed by atoms with Crippen LogP contribution in [0.5, 0.6) is 0 Å². The molecule has 19 heavy (non-hydrogen) atoms. The average molecular weight is 266 g/mol. The van der Waals surface area contributed by atoms with Crippen LogP contribution >= 0.6 is 0 Å². The zero-order valence-corrected chi connectivity index (χ0v) is 13.4. The Morgan fingerprint density at radius 2 is 1.84 bits per heavy atom. The molecule has 2 fully saturated rings. The molecule has 0 aromatic heterocycles. The predicted octanol–water partition coefficient (Wildman–Crippen LogP) is 2.52. The lowest BCUT2D eigenvalue weighted by atomic mass is 9.89. The largest absolute Gasteiger partial charge is 0.342 e. The lowest BCUT2D eigenvalue weighted by Gasteiger charge is -2.38. The van der Waals surface area contributed by atoms with E-state index in [0.29, 0.717) is 17.9 Å². The summed E-state index contributed by atoms with van der Waals surface area (Å²) in [4.78, 5) is 14.9. The minimum atomic E-state index is 0.158. The third kappa shape index (κ3) is 2.20. The Morgan fingerprint density at radius 3 is 2.26 bits per heavy atom. The van der Waals surface area contributed by atoms with Crippen LogP contribution < -0.4 is 5.32 Å². The molecule has 110 valence electrons. The van der Waals surface area contributed by atoms with Crippen molar-refractivity contribution < 1.29 is 4.79 Å². The van der Waals surface area contributed by atoms with E-state index in [0.717, 1.165) is 25.9 Å². The second-order valence-electron chi connectivity index (χ2n) is 7.51. The van der Waals surface area contributed by atoms with Crippen molar-refractivity contribution in [1.82, 2.24) is 10.2 Å². The highest BCUT2D eigenvalue weighted by Crippen LogP contribution is 2.68. The Kier molecular flexibility index (Phi) is 3.72. The number of hydrogen-bond acceptors (Lipinski definition) is 2. The van der Waals surface area contributed by atoms with Gasteiger partial charge in [0.25, 0.3) is 0 Å². The molecule has 1 aliphatic carbocycles. The summed E-state index contributed by atoms with van der Waals surface area (Å²) < 4.78 is 0. The van der Waals surface area contributed by atoms with E-state index < -0.39 is 0 Å². The minimum absolute atomic E-state index is 0.158. The summed E-state index contributed by atoms with van der Waals surface area (Å²) in [5, 5.41) is 3.40. The molecule has 1 N–H and O–H groups in total. The number of carbonyl (C=O) groups excluding carboxylic acids is 1. The zero-order chi connectivity index (χ0) is 14.4. The lowest BCUT2D eigenvalue weighted by Crippen LogP contribution is -2.50. The van der Waals surface area contributed by atoms with Crippen LogP contribution in [0.15, 0.2) is 0 Å². The van der Waals surface area contributed by atoms with Gasteiger partial charge in [-0.05, 0) is 30.2 Å². The maximum atomic E-state index is 12.8. The molecular weight excluding hydrogens is 236 g/mol. The van der Waals surface area contributed by atoms with Gasteiger partial charge in [0.15, 0.2) is 0 Å². The summed E-state index contributed by atoms with van der Waals surface area (Å²) in [6.07, 6.45) is 2.24. The topological polar surface area (TPSA) is 32.3 Å². The predicted molar refractivity (Wildman–Crippen MR) is 78.9 cm³/mol. The Hall–Kier alpha value is -0.570. The third-order valence-electron chi connectivity index (χ3n) is 6.21. The van der Waals surface area contributed by atoms with Crippen molar-refractivity contribution in [2.24, 2.45) is 22.7 Å². The first-order chi connectivity index (χ1) is 8.77. The van der Waals surface area contributed by atoms with Gasteiger partial charge in [-0.15, -0.1) is 0 Å². The van der Waals surface area contributed by atoms with Crippen LogP contribution in [0, 0.1) is 22.7 Å². The summed E-state index contributed by atoms with van der Waals surface area (Å²) in [7, 11) is 2.04. The lowest BCUT2D eigenvalue weighted by molar-refractivity contribution is -0.136. The minimum Gasteiger partial charge on any atom is -0.342 e. The van der Waals surface area contributed by atoms with E-state index in [4.69, 9.17) is 0 Å². The first-order valence-corrected chi connectivity index (χ1v) is 7.73. The summed E-state index contributed by atoms with van der Waals surface area (Å²) in [6.45, 7) is 13.0. The number of hydrogen-bond donors (Lipinski definition) is 1. The highest BCUT2D eigenvalue weighted by Gasteiger charge is 2.68. The Bertz CT molecular complexity index is 348. The number of likely N-dealkylation sites (tertiary alicyclic amines) is 1. The molecule has 0 aromatic carbocycles. The zero-order valence-electron chi connectivity index (χ0n) is 13.4. The quantitative estimate of drug-likeness (QED) is 0.851. The van der Waals surface area contributed by atoms with Gasteiger partial charge in [-0.2, -0.15) is 0 Å². The number of carbonyl (C=O) groups is 1. The smallest absolute Gasteiger partial charge is 0.226 e. The van der Waals surface area contributed by atoms with Gasteiger partial charge in [-0.1, -0.05) is 41.0 Å². The van der Waals surface area contributed by atoms with Crippen molar-refractivity contribution in [2.45, 2.75) is 53.5 Å². The molecule has 0 bridgehead atoms.